The van der Waals surface area contributed by atoms with Gasteiger partial charge in [-0.2, -0.15) is 5.10 Å². The number of hydrogen-bond acceptors (Lipinski definition) is 3. The highest BCUT2D eigenvalue weighted by Gasteiger charge is 2.21. The van der Waals surface area contributed by atoms with Gasteiger partial charge in [0.25, 0.3) is 5.91 Å². The molecule has 0 fully saturated rings. The maximum atomic E-state index is 12.8. The van der Waals surface area contributed by atoms with Crippen molar-refractivity contribution in [2.75, 3.05) is 0 Å². The summed E-state index contributed by atoms with van der Waals surface area (Å²) >= 11 is 0. The number of amides is 1. The molecule has 4 rings (SSSR count). The summed E-state index contributed by atoms with van der Waals surface area (Å²) in [5, 5.41) is 7.74. The van der Waals surface area contributed by atoms with Gasteiger partial charge < -0.3 is 5.32 Å². The Morgan fingerprint density at radius 2 is 1.62 bits per heavy atom. The lowest BCUT2D eigenvalue weighted by Crippen LogP contribution is -2.24. The lowest BCUT2D eigenvalue weighted by Gasteiger charge is -2.13. The highest BCUT2D eigenvalue weighted by Crippen LogP contribution is 2.26. The fourth-order valence-corrected chi connectivity index (χ4v) is 3.14. The van der Waals surface area contributed by atoms with Gasteiger partial charge in [0, 0.05) is 23.6 Å². The Morgan fingerprint density at radius 1 is 0.966 bits per heavy atom. The normalized spacial score (nSPS) is 11.6. The zero-order chi connectivity index (χ0) is 20.4. The summed E-state index contributed by atoms with van der Waals surface area (Å²) < 4.78 is 1.82. The molecule has 2 aromatic carbocycles. The van der Waals surface area contributed by atoms with E-state index < -0.39 is 0 Å². The van der Waals surface area contributed by atoms with Gasteiger partial charge in [-0.1, -0.05) is 81.4 Å². The lowest BCUT2D eigenvalue weighted by molar-refractivity contribution is 0.0946. The van der Waals surface area contributed by atoms with Crippen molar-refractivity contribution in [3.05, 3.63) is 89.7 Å². The molecule has 5 heteroatoms. The van der Waals surface area contributed by atoms with Gasteiger partial charge in [0.2, 0.25) is 0 Å². The molecule has 5 nitrogen and oxygen atoms in total. The second-order valence-electron chi connectivity index (χ2n) is 8.11. The van der Waals surface area contributed by atoms with Crippen molar-refractivity contribution >= 4 is 11.6 Å². The van der Waals surface area contributed by atoms with Gasteiger partial charge in [-0.15, -0.1) is 0 Å². The first-order valence-electron chi connectivity index (χ1n) is 9.71. The Balaban J connectivity index is 1.75. The van der Waals surface area contributed by atoms with E-state index in [9.17, 15) is 4.79 Å². The average Bonchev–Trinajstić information content (AvgIpc) is 3.17. The van der Waals surface area contributed by atoms with Crippen LogP contribution in [0.15, 0.2) is 72.8 Å². The van der Waals surface area contributed by atoms with Crippen LogP contribution in [-0.4, -0.2) is 20.5 Å². The van der Waals surface area contributed by atoms with Gasteiger partial charge in [-0.05, 0) is 11.6 Å². The Labute approximate surface area is 170 Å². The third-order valence-electron chi connectivity index (χ3n) is 4.79. The Morgan fingerprint density at radius 3 is 2.28 bits per heavy atom. The SMILES string of the molecule is CC(C)(C)c1cc2nc(C(=O)NCc3ccccc3)cc(-c3ccccc3)n2n1. The number of nitrogens with zero attached hydrogens (tertiary/aromatic N) is 3. The summed E-state index contributed by atoms with van der Waals surface area (Å²) in [4.78, 5) is 17.4. The maximum absolute atomic E-state index is 12.8. The molecule has 0 aliphatic rings. The Bertz CT molecular complexity index is 1140. The van der Waals surface area contributed by atoms with Crippen molar-refractivity contribution in [3.63, 3.8) is 0 Å². The van der Waals surface area contributed by atoms with Crippen molar-refractivity contribution in [2.45, 2.75) is 32.7 Å². The minimum Gasteiger partial charge on any atom is -0.347 e. The van der Waals surface area contributed by atoms with Crippen LogP contribution in [-0.2, 0) is 12.0 Å². The van der Waals surface area contributed by atoms with E-state index in [0.717, 1.165) is 22.5 Å². The molecule has 2 heterocycles. The summed E-state index contributed by atoms with van der Waals surface area (Å²) in [5.74, 6) is -0.202. The molecule has 0 aliphatic carbocycles. The van der Waals surface area contributed by atoms with E-state index in [2.05, 4.69) is 31.1 Å². The molecular weight excluding hydrogens is 360 g/mol. The van der Waals surface area contributed by atoms with Gasteiger partial charge in [-0.3, -0.25) is 4.79 Å². The smallest absolute Gasteiger partial charge is 0.270 e. The number of carbonyl (C=O) groups excluding carboxylic acids is 1. The molecule has 0 saturated carbocycles. The van der Waals surface area contributed by atoms with Crippen molar-refractivity contribution in [1.82, 2.24) is 19.9 Å². The third-order valence-corrected chi connectivity index (χ3v) is 4.79. The Kier molecular flexibility index (Phi) is 4.89. The van der Waals surface area contributed by atoms with Crippen molar-refractivity contribution in [1.29, 1.82) is 0 Å². The molecule has 0 spiro atoms. The fourth-order valence-electron chi connectivity index (χ4n) is 3.14. The van der Waals surface area contributed by atoms with Gasteiger partial charge in [0.05, 0.1) is 11.4 Å². The van der Waals surface area contributed by atoms with Crippen LogP contribution in [0, 0.1) is 0 Å². The molecule has 4 aromatic rings. The maximum Gasteiger partial charge on any atom is 0.270 e. The van der Waals surface area contributed by atoms with Crippen LogP contribution >= 0.6 is 0 Å². The highest BCUT2D eigenvalue weighted by molar-refractivity contribution is 5.94. The number of carbonyl (C=O) groups is 1. The molecule has 1 amide bonds. The van der Waals surface area contributed by atoms with Crippen LogP contribution in [0.1, 0.15) is 42.5 Å². The fraction of sp³-hybridized carbons (Fsp3) is 0.208. The topological polar surface area (TPSA) is 59.3 Å². The predicted octanol–water partition coefficient (Wildman–Crippen LogP) is 4.62. The zero-order valence-electron chi connectivity index (χ0n) is 16.9. The van der Waals surface area contributed by atoms with E-state index in [-0.39, 0.29) is 11.3 Å². The second kappa shape index (κ2) is 7.51. The number of nitrogens with one attached hydrogen (secondary N) is 1. The molecule has 1 N–H and O–H groups in total. The van der Waals surface area contributed by atoms with Crippen molar-refractivity contribution < 1.29 is 4.79 Å². The molecule has 146 valence electrons. The average molecular weight is 384 g/mol. The molecule has 0 radical (unpaired) electrons. The number of rotatable bonds is 4. The largest absolute Gasteiger partial charge is 0.347 e. The van der Waals surface area contributed by atoms with E-state index in [4.69, 9.17) is 5.10 Å². The number of hydrogen-bond donors (Lipinski definition) is 1. The molecule has 2 aromatic heterocycles. The molecule has 29 heavy (non-hydrogen) atoms. The van der Waals surface area contributed by atoms with Crippen LogP contribution in [0.2, 0.25) is 0 Å². The molecule has 0 atom stereocenters. The minimum atomic E-state index is -0.202. The summed E-state index contributed by atoms with van der Waals surface area (Å²) in [5.41, 5.74) is 4.75. The van der Waals surface area contributed by atoms with Gasteiger partial charge in [0.1, 0.15) is 5.69 Å². The number of fused-ring (bicyclic) bond motifs is 1. The summed E-state index contributed by atoms with van der Waals surface area (Å²) in [6.45, 7) is 6.80. The van der Waals surface area contributed by atoms with E-state index in [0.29, 0.717) is 17.9 Å². The second-order valence-corrected chi connectivity index (χ2v) is 8.11. The van der Waals surface area contributed by atoms with E-state index in [1.807, 2.05) is 77.3 Å². The van der Waals surface area contributed by atoms with Crippen LogP contribution in [0.25, 0.3) is 16.9 Å². The van der Waals surface area contributed by atoms with Crippen LogP contribution < -0.4 is 5.32 Å². The summed E-state index contributed by atoms with van der Waals surface area (Å²) in [7, 11) is 0. The molecule has 0 bridgehead atoms. The first-order valence-corrected chi connectivity index (χ1v) is 9.71. The lowest BCUT2D eigenvalue weighted by atomic mass is 9.93. The zero-order valence-corrected chi connectivity index (χ0v) is 16.9. The third kappa shape index (κ3) is 4.04. The van der Waals surface area contributed by atoms with Gasteiger partial charge in [-0.25, -0.2) is 9.50 Å². The van der Waals surface area contributed by atoms with Gasteiger partial charge in [0.15, 0.2) is 5.65 Å². The van der Waals surface area contributed by atoms with Crippen molar-refractivity contribution in [2.24, 2.45) is 0 Å². The molecule has 0 aliphatic heterocycles. The highest BCUT2D eigenvalue weighted by atomic mass is 16.1. The number of benzene rings is 2. The summed E-state index contributed by atoms with van der Waals surface area (Å²) in [6, 6.07) is 23.6. The molecule has 0 saturated heterocycles. The summed E-state index contributed by atoms with van der Waals surface area (Å²) in [6.07, 6.45) is 0. The number of aromatic nitrogens is 3. The predicted molar refractivity (Wildman–Crippen MR) is 115 cm³/mol. The van der Waals surface area contributed by atoms with E-state index in [1.54, 1.807) is 0 Å². The van der Waals surface area contributed by atoms with Crippen LogP contribution in [0.3, 0.4) is 0 Å². The first kappa shape index (κ1) is 18.9. The standard InChI is InChI=1S/C24H24N4O/c1-24(2,3)21-15-22-26-19(23(29)25-16-17-10-6-4-7-11-17)14-20(28(22)27-21)18-12-8-5-9-13-18/h4-15H,16H2,1-3H3,(H,25,29). The monoisotopic (exact) mass is 384 g/mol. The van der Waals surface area contributed by atoms with Crippen molar-refractivity contribution in [3.8, 4) is 11.3 Å². The van der Waals surface area contributed by atoms with Gasteiger partial charge >= 0.3 is 0 Å². The first-order chi connectivity index (χ1) is 13.9. The Hall–Kier alpha value is -3.47. The quantitative estimate of drug-likeness (QED) is 0.558. The molecule has 0 unspecified atom stereocenters. The van der Waals surface area contributed by atoms with E-state index >= 15 is 0 Å². The van der Waals surface area contributed by atoms with Crippen LogP contribution in [0.5, 0.6) is 0 Å². The van der Waals surface area contributed by atoms with E-state index in [1.165, 1.54) is 0 Å². The molecular formula is C24H24N4O. The van der Waals surface area contributed by atoms with Crippen LogP contribution in [0.4, 0.5) is 0 Å². The minimum absolute atomic E-state index is 0.114.